The van der Waals surface area contributed by atoms with Gasteiger partial charge in [-0.15, -0.1) is 0 Å². The summed E-state index contributed by atoms with van der Waals surface area (Å²) in [7, 11) is 0. The van der Waals surface area contributed by atoms with Gasteiger partial charge in [0.25, 0.3) is 0 Å². The van der Waals surface area contributed by atoms with E-state index in [1.165, 1.54) is 0 Å². The molecule has 0 saturated carbocycles. The first-order chi connectivity index (χ1) is 6.20. The predicted molar refractivity (Wildman–Crippen MR) is 46.2 cm³/mol. The topological polar surface area (TPSA) is 49.7 Å². The maximum absolute atomic E-state index is 13.5. The van der Waals surface area contributed by atoms with Crippen LogP contribution in [0.4, 0.5) is 4.39 Å². The number of aliphatic hydroxyl groups is 2. The second kappa shape index (κ2) is 4.88. The van der Waals surface area contributed by atoms with Crippen molar-refractivity contribution >= 4 is 0 Å². The van der Waals surface area contributed by atoms with Crippen molar-refractivity contribution in [2.24, 2.45) is 5.92 Å². The zero-order valence-corrected chi connectivity index (χ0v) is 7.71. The molecule has 1 heterocycles. The smallest absolute Gasteiger partial charge is 0.157 e. The van der Waals surface area contributed by atoms with Crippen LogP contribution in [0.3, 0.4) is 0 Å². The molecule has 0 aromatic heterocycles. The van der Waals surface area contributed by atoms with Crippen LogP contribution in [-0.4, -0.2) is 42.3 Å². The van der Waals surface area contributed by atoms with Crippen molar-refractivity contribution in [2.45, 2.75) is 24.9 Å². The third-order valence-electron chi connectivity index (χ3n) is 2.48. The van der Waals surface area contributed by atoms with E-state index >= 15 is 0 Å². The highest BCUT2D eigenvalue weighted by Gasteiger charge is 2.32. The highest BCUT2D eigenvalue weighted by atomic mass is 19.1. The van der Waals surface area contributed by atoms with E-state index in [0.717, 1.165) is 19.4 Å². The molecular weight excluding hydrogens is 175 g/mol. The van der Waals surface area contributed by atoms with Crippen molar-refractivity contribution in [1.82, 2.24) is 0 Å². The van der Waals surface area contributed by atoms with Crippen molar-refractivity contribution in [3.63, 3.8) is 0 Å². The van der Waals surface area contributed by atoms with Crippen LogP contribution < -0.4 is 0 Å². The first-order valence-corrected chi connectivity index (χ1v) is 4.68. The van der Waals surface area contributed by atoms with E-state index in [2.05, 4.69) is 0 Å². The lowest BCUT2D eigenvalue weighted by atomic mass is 9.89. The first-order valence-electron chi connectivity index (χ1n) is 4.68. The molecule has 0 aromatic rings. The molecule has 0 aliphatic carbocycles. The highest BCUT2D eigenvalue weighted by molar-refractivity contribution is 4.81. The minimum absolute atomic E-state index is 0.137. The van der Waals surface area contributed by atoms with Gasteiger partial charge in [0.1, 0.15) is 0 Å². The Labute approximate surface area is 77.5 Å². The molecule has 3 nitrogen and oxygen atoms in total. The number of alkyl halides is 1. The summed E-state index contributed by atoms with van der Waals surface area (Å²) in [6.07, 6.45) is 2.06. The van der Waals surface area contributed by atoms with Crippen molar-refractivity contribution in [2.75, 3.05) is 26.4 Å². The van der Waals surface area contributed by atoms with Gasteiger partial charge in [-0.25, -0.2) is 4.39 Å². The van der Waals surface area contributed by atoms with Gasteiger partial charge in [-0.05, 0) is 25.2 Å². The maximum Gasteiger partial charge on any atom is 0.157 e. The molecule has 0 bridgehead atoms. The van der Waals surface area contributed by atoms with Gasteiger partial charge in [0.15, 0.2) is 5.67 Å². The molecule has 0 spiro atoms. The summed E-state index contributed by atoms with van der Waals surface area (Å²) in [5, 5.41) is 17.5. The maximum atomic E-state index is 13.5. The van der Waals surface area contributed by atoms with Crippen molar-refractivity contribution in [3.8, 4) is 0 Å². The van der Waals surface area contributed by atoms with Crippen LogP contribution >= 0.6 is 0 Å². The Morgan fingerprint density at radius 1 is 1.38 bits per heavy atom. The normalized spacial score (nSPS) is 24.7. The van der Waals surface area contributed by atoms with E-state index in [0.29, 0.717) is 6.61 Å². The first kappa shape index (κ1) is 10.9. The Kier molecular flexibility index (Phi) is 4.09. The van der Waals surface area contributed by atoms with Crippen LogP contribution in [0.5, 0.6) is 0 Å². The zero-order valence-electron chi connectivity index (χ0n) is 7.71. The average Bonchev–Trinajstić information content (AvgIpc) is 2.19. The van der Waals surface area contributed by atoms with Crippen LogP contribution in [-0.2, 0) is 4.74 Å². The second-order valence-electron chi connectivity index (χ2n) is 3.75. The quantitative estimate of drug-likeness (QED) is 0.681. The summed E-state index contributed by atoms with van der Waals surface area (Å²) in [5.74, 6) is 0.137. The van der Waals surface area contributed by atoms with Gasteiger partial charge in [0.2, 0.25) is 0 Å². The molecule has 0 amide bonds. The molecule has 13 heavy (non-hydrogen) atoms. The molecule has 78 valence electrons. The minimum Gasteiger partial charge on any atom is -0.393 e. The molecule has 1 aliphatic rings. The van der Waals surface area contributed by atoms with Crippen LogP contribution in [0.1, 0.15) is 19.3 Å². The highest BCUT2D eigenvalue weighted by Crippen LogP contribution is 2.26. The van der Waals surface area contributed by atoms with Gasteiger partial charge in [-0.1, -0.05) is 0 Å². The molecule has 1 atom stereocenters. The molecule has 2 N–H and O–H groups in total. The number of hydrogen-bond acceptors (Lipinski definition) is 3. The van der Waals surface area contributed by atoms with Gasteiger partial charge in [-0.3, -0.25) is 0 Å². The van der Waals surface area contributed by atoms with Gasteiger partial charge < -0.3 is 14.9 Å². The summed E-state index contributed by atoms with van der Waals surface area (Å²) >= 11 is 0. The number of halogens is 1. The Morgan fingerprint density at radius 3 is 2.54 bits per heavy atom. The molecule has 1 saturated heterocycles. The standard InChI is InChI=1S/C9H17FO3/c10-9(6-11,7-12)4-8-2-1-3-13-5-8/h8,11-12H,1-7H2/t8-/m0/s1. The molecule has 1 rings (SSSR count). The molecular formula is C9H17FO3. The summed E-state index contributed by atoms with van der Waals surface area (Å²) in [6.45, 7) is 0.0692. The van der Waals surface area contributed by atoms with Crippen LogP contribution in [0, 0.1) is 5.92 Å². The molecule has 1 aliphatic heterocycles. The van der Waals surface area contributed by atoms with Crippen molar-refractivity contribution in [1.29, 1.82) is 0 Å². The lowest BCUT2D eigenvalue weighted by Crippen LogP contribution is -2.36. The van der Waals surface area contributed by atoms with Gasteiger partial charge >= 0.3 is 0 Å². The Balaban J connectivity index is 2.35. The summed E-state index contributed by atoms with van der Waals surface area (Å²) in [6, 6.07) is 0. The fourth-order valence-electron chi connectivity index (χ4n) is 1.66. The summed E-state index contributed by atoms with van der Waals surface area (Å²) < 4.78 is 18.7. The van der Waals surface area contributed by atoms with E-state index in [1.807, 2.05) is 0 Å². The third-order valence-corrected chi connectivity index (χ3v) is 2.48. The Morgan fingerprint density at radius 2 is 2.08 bits per heavy atom. The number of hydrogen-bond donors (Lipinski definition) is 2. The van der Waals surface area contributed by atoms with Crippen LogP contribution in [0.25, 0.3) is 0 Å². The summed E-state index contributed by atoms with van der Waals surface area (Å²) in [4.78, 5) is 0. The molecule has 0 unspecified atom stereocenters. The Hall–Kier alpha value is -0.190. The van der Waals surface area contributed by atoms with Crippen molar-refractivity contribution in [3.05, 3.63) is 0 Å². The van der Waals surface area contributed by atoms with E-state index in [-0.39, 0.29) is 12.3 Å². The molecule has 1 fully saturated rings. The van der Waals surface area contributed by atoms with Gasteiger partial charge in [-0.2, -0.15) is 0 Å². The van der Waals surface area contributed by atoms with E-state index in [4.69, 9.17) is 14.9 Å². The predicted octanol–water partition coefficient (Wildman–Crippen LogP) is 0.496. The molecule has 4 heteroatoms. The van der Waals surface area contributed by atoms with E-state index in [9.17, 15) is 4.39 Å². The SMILES string of the molecule is OCC(F)(CO)C[C@@H]1CCCOC1. The van der Waals surface area contributed by atoms with Crippen molar-refractivity contribution < 1.29 is 19.3 Å². The second-order valence-corrected chi connectivity index (χ2v) is 3.75. The Bertz CT molecular complexity index is 142. The van der Waals surface area contributed by atoms with E-state index in [1.54, 1.807) is 0 Å². The monoisotopic (exact) mass is 192 g/mol. The lowest BCUT2D eigenvalue weighted by Gasteiger charge is -2.28. The molecule has 0 radical (unpaired) electrons. The zero-order chi connectivity index (χ0) is 9.73. The largest absolute Gasteiger partial charge is 0.393 e. The van der Waals surface area contributed by atoms with Crippen LogP contribution in [0.15, 0.2) is 0 Å². The number of aliphatic hydroxyl groups excluding tert-OH is 2. The third kappa shape index (κ3) is 3.21. The minimum atomic E-state index is -1.83. The average molecular weight is 192 g/mol. The van der Waals surface area contributed by atoms with Gasteiger partial charge in [0.05, 0.1) is 13.2 Å². The van der Waals surface area contributed by atoms with E-state index < -0.39 is 18.9 Å². The van der Waals surface area contributed by atoms with Gasteiger partial charge in [0, 0.05) is 13.2 Å². The molecule has 0 aromatic carbocycles. The summed E-state index contributed by atoms with van der Waals surface area (Å²) in [5.41, 5.74) is -1.83. The fourth-order valence-corrected chi connectivity index (χ4v) is 1.66. The number of rotatable bonds is 4. The fraction of sp³-hybridized carbons (Fsp3) is 1.00. The lowest BCUT2D eigenvalue weighted by molar-refractivity contribution is -0.0291. The number of ether oxygens (including phenoxy) is 1. The van der Waals surface area contributed by atoms with Crippen LogP contribution in [0.2, 0.25) is 0 Å².